The van der Waals surface area contributed by atoms with E-state index in [9.17, 15) is 9.59 Å². The van der Waals surface area contributed by atoms with Crippen molar-refractivity contribution < 1.29 is 14.3 Å². The van der Waals surface area contributed by atoms with Gasteiger partial charge in [-0.25, -0.2) is 0 Å². The Balaban J connectivity index is 1.53. The Morgan fingerprint density at radius 2 is 1.72 bits per heavy atom. The molecule has 162 valence electrons. The van der Waals surface area contributed by atoms with Gasteiger partial charge in [0.15, 0.2) is 5.72 Å². The number of nitrogens with zero attached hydrogens (tertiary/aromatic N) is 1. The highest BCUT2D eigenvalue weighted by atomic mass is 16.5. The van der Waals surface area contributed by atoms with Crippen molar-refractivity contribution in [3.05, 3.63) is 95.6 Å². The number of nitrogens with one attached hydrogen (secondary N) is 1. The number of anilines is 1. The van der Waals surface area contributed by atoms with Crippen molar-refractivity contribution >= 4 is 17.5 Å². The first kappa shape index (κ1) is 20.3. The van der Waals surface area contributed by atoms with Gasteiger partial charge in [-0.1, -0.05) is 66.2 Å². The quantitative estimate of drug-likeness (QED) is 0.605. The van der Waals surface area contributed by atoms with Crippen molar-refractivity contribution in [3.63, 3.8) is 0 Å². The number of hydrogen-bond acceptors (Lipinski definition) is 3. The molecule has 2 bridgehead atoms. The van der Waals surface area contributed by atoms with Crippen LogP contribution in [0.4, 0.5) is 5.69 Å². The summed E-state index contributed by atoms with van der Waals surface area (Å²) < 4.78 is 6.38. The van der Waals surface area contributed by atoms with Crippen LogP contribution in [0.1, 0.15) is 36.0 Å². The monoisotopic (exact) mass is 426 g/mol. The van der Waals surface area contributed by atoms with Crippen LogP contribution in [0, 0.1) is 12.8 Å². The van der Waals surface area contributed by atoms with Gasteiger partial charge in [0.05, 0.1) is 0 Å². The number of fused-ring (bicyclic) bond motifs is 4. The zero-order valence-corrected chi connectivity index (χ0v) is 18.2. The van der Waals surface area contributed by atoms with E-state index in [0.717, 1.165) is 22.4 Å². The van der Waals surface area contributed by atoms with Crippen LogP contribution in [-0.2, 0) is 16.1 Å². The van der Waals surface area contributed by atoms with Crippen LogP contribution in [0.25, 0.3) is 0 Å². The molecule has 5 nitrogen and oxygen atoms in total. The Kier molecular flexibility index (Phi) is 4.97. The Morgan fingerprint density at radius 3 is 2.47 bits per heavy atom. The second-order valence-corrected chi connectivity index (χ2v) is 8.87. The van der Waals surface area contributed by atoms with Gasteiger partial charge in [0.25, 0.3) is 0 Å². The number of benzene rings is 3. The van der Waals surface area contributed by atoms with Crippen molar-refractivity contribution in [3.8, 4) is 5.75 Å². The summed E-state index contributed by atoms with van der Waals surface area (Å²) in [5, 5.41) is 2.97. The Hall–Kier alpha value is -3.60. The number of carbonyl (C=O) groups excluding carboxylic acids is 2. The maximum absolute atomic E-state index is 13.8. The van der Waals surface area contributed by atoms with Gasteiger partial charge in [-0.3, -0.25) is 14.5 Å². The Bertz CT molecular complexity index is 1160. The third kappa shape index (κ3) is 3.54. The Morgan fingerprint density at radius 1 is 1.03 bits per heavy atom. The fourth-order valence-corrected chi connectivity index (χ4v) is 4.88. The summed E-state index contributed by atoms with van der Waals surface area (Å²) >= 11 is 0. The van der Waals surface area contributed by atoms with Crippen LogP contribution in [0.15, 0.2) is 78.9 Å². The van der Waals surface area contributed by atoms with Crippen LogP contribution in [0.5, 0.6) is 5.75 Å². The average Bonchev–Trinajstić information content (AvgIpc) is 2.79. The fourth-order valence-electron chi connectivity index (χ4n) is 4.88. The number of ether oxygens (including phenoxy) is 1. The molecule has 0 spiro atoms. The first-order chi connectivity index (χ1) is 15.4. The van der Waals surface area contributed by atoms with Crippen LogP contribution >= 0.6 is 0 Å². The van der Waals surface area contributed by atoms with Gasteiger partial charge in [0.2, 0.25) is 11.8 Å². The zero-order chi connectivity index (χ0) is 22.3. The van der Waals surface area contributed by atoms with Gasteiger partial charge in [-0.2, -0.15) is 0 Å². The molecule has 0 radical (unpaired) electrons. The van der Waals surface area contributed by atoms with E-state index in [1.165, 1.54) is 0 Å². The zero-order valence-electron chi connectivity index (χ0n) is 18.2. The van der Waals surface area contributed by atoms with Gasteiger partial charge in [-0.05, 0) is 43.2 Å². The lowest BCUT2D eigenvalue weighted by Gasteiger charge is -2.52. The number of hydrogen-bond donors (Lipinski definition) is 1. The molecule has 2 aliphatic heterocycles. The topological polar surface area (TPSA) is 58.6 Å². The molecule has 2 aliphatic rings. The third-order valence-electron chi connectivity index (χ3n) is 6.54. The molecule has 5 rings (SSSR count). The number of likely N-dealkylation sites (tertiary alicyclic amines) is 1. The summed E-state index contributed by atoms with van der Waals surface area (Å²) in [5.41, 5.74) is 2.91. The maximum Gasteiger partial charge on any atom is 0.239 e. The fraction of sp³-hybridized carbons (Fsp3) is 0.259. The van der Waals surface area contributed by atoms with E-state index in [-0.39, 0.29) is 17.7 Å². The molecular formula is C27H26N2O3. The summed E-state index contributed by atoms with van der Waals surface area (Å²) in [4.78, 5) is 29.0. The van der Waals surface area contributed by atoms with Crippen molar-refractivity contribution in [2.24, 2.45) is 5.92 Å². The molecule has 2 heterocycles. The molecule has 0 aromatic heterocycles. The molecule has 2 amide bonds. The predicted molar refractivity (Wildman–Crippen MR) is 123 cm³/mol. The lowest BCUT2D eigenvalue weighted by atomic mass is 9.73. The molecule has 5 heteroatoms. The van der Waals surface area contributed by atoms with Crippen molar-refractivity contribution in [1.82, 2.24) is 4.90 Å². The van der Waals surface area contributed by atoms with Gasteiger partial charge in [0, 0.05) is 24.6 Å². The second kappa shape index (κ2) is 7.83. The molecule has 0 aliphatic carbocycles. The highest BCUT2D eigenvalue weighted by Crippen LogP contribution is 2.50. The third-order valence-corrected chi connectivity index (χ3v) is 6.54. The number of para-hydroxylation sites is 1. The van der Waals surface area contributed by atoms with Crippen molar-refractivity contribution in [2.45, 2.75) is 38.5 Å². The standard InChI is InChI=1S/C27H26N2O3/c1-18-12-14-20(15-13-18)28-25(30)24-22-16-27(2,32-23-11-7-6-10-21(22)23)29(26(24)31)17-19-8-4-3-5-9-19/h3-15,22,24H,16-17H2,1-2H3,(H,28,30)/t22-,24+,27+/m0/s1. The normalized spacial score (nSPS) is 23.8. The molecule has 1 fully saturated rings. The van der Waals surface area contributed by atoms with E-state index in [1.807, 2.05) is 92.7 Å². The molecule has 0 saturated carbocycles. The highest BCUT2D eigenvalue weighted by molar-refractivity contribution is 6.08. The molecule has 3 atom stereocenters. The molecule has 1 saturated heterocycles. The number of aryl methyl sites for hydroxylation is 1. The van der Waals surface area contributed by atoms with Crippen molar-refractivity contribution in [2.75, 3.05) is 5.32 Å². The maximum atomic E-state index is 13.8. The van der Waals surface area contributed by atoms with Gasteiger partial charge in [0.1, 0.15) is 11.7 Å². The average molecular weight is 427 g/mol. The Labute approximate surface area is 188 Å². The second-order valence-electron chi connectivity index (χ2n) is 8.87. The minimum atomic E-state index is -0.821. The highest BCUT2D eigenvalue weighted by Gasteiger charge is 2.56. The van der Waals surface area contributed by atoms with Gasteiger partial charge in [-0.15, -0.1) is 0 Å². The van der Waals surface area contributed by atoms with Crippen LogP contribution in [-0.4, -0.2) is 22.4 Å². The number of rotatable bonds is 4. The van der Waals surface area contributed by atoms with E-state index in [4.69, 9.17) is 4.74 Å². The molecule has 3 aromatic rings. The van der Waals surface area contributed by atoms with E-state index in [0.29, 0.717) is 18.7 Å². The SMILES string of the molecule is Cc1ccc(NC(=O)[C@@H]2C(=O)N(Cc3ccccc3)[C@@]3(C)C[C@H]2c2ccccc2O3)cc1. The summed E-state index contributed by atoms with van der Waals surface area (Å²) in [5.74, 6) is -0.801. The number of amides is 2. The summed E-state index contributed by atoms with van der Waals surface area (Å²) in [6.07, 6.45) is 0.564. The van der Waals surface area contributed by atoms with E-state index >= 15 is 0 Å². The van der Waals surface area contributed by atoms with Crippen LogP contribution < -0.4 is 10.1 Å². The summed E-state index contributed by atoms with van der Waals surface area (Å²) in [7, 11) is 0. The first-order valence-electron chi connectivity index (χ1n) is 11.0. The first-order valence-corrected chi connectivity index (χ1v) is 11.0. The van der Waals surface area contributed by atoms with E-state index < -0.39 is 11.6 Å². The van der Waals surface area contributed by atoms with Crippen LogP contribution in [0.2, 0.25) is 0 Å². The lowest BCUT2D eigenvalue weighted by molar-refractivity contribution is -0.177. The van der Waals surface area contributed by atoms with E-state index in [2.05, 4.69) is 5.32 Å². The number of carbonyl (C=O) groups is 2. The van der Waals surface area contributed by atoms with E-state index in [1.54, 1.807) is 4.90 Å². The minimum absolute atomic E-state index is 0.202. The van der Waals surface area contributed by atoms with Crippen LogP contribution in [0.3, 0.4) is 0 Å². The lowest BCUT2D eigenvalue weighted by Crippen LogP contribution is -2.63. The molecule has 0 unspecified atom stereocenters. The molecule has 32 heavy (non-hydrogen) atoms. The van der Waals surface area contributed by atoms with Crippen molar-refractivity contribution in [1.29, 1.82) is 0 Å². The molecule has 3 aromatic carbocycles. The van der Waals surface area contributed by atoms with Gasteiger partial charge < -0.3 is 10.1 Å². The van der Waals surface area contributed by atoms with Gasteiger partial charge >= 0.3 is 0 Å². The summed E-state index contributed by atoms with van der Waals surface area (Å²) in [6.45, 7) is 4.34. The largest absolute Gasteiger partial charge is 0.468 e. The smallest absolute Gasteiger partial charge is 0.239 e. The molecular weight excluding hydrogens is 400 g/mol. The number of piperidine rings is 1. The predicted octanol–water partition coefficient (Wildman–Crippen LogP) is 4.87. The molecule has 1 N–H and O–H groups in total. The summed E-state index contributed by atoms with van der Waals surface area (Å²) in [6, 6.07) is 25.2. The minimum Gasteiger partial charge on any atom is -0.468 e.